The summed E-state index contributed by atoms with van der Waals surface area (Å²) in [6.07, 6.45) is -0.393. The van der Waals surface area contributed by atoms with Crippen LogP contribution in [0.15, 0.2) is 69.0 Å². The summed E-state index contributed by atoms with van der Waals surface area (Å²) in [4.78, 5) is 14.9. The average molecular weight is 509 g/mol. The van der Waals surface area contributed by atoms with Gasteiger partial charge in [0.05, 0.1) is 22.9 Å². The van der Waals surface area contributed by atoms with E-state index in [1.54, 1.807) is 18.8 Å². The minimum Gasteiger partial charge on any atom is -0.444 e. The number of rotatable bonds is 5. The molecule has 0 spiro atoms. The third kappa shape index (κ3) is 6.03. The molecular weight excluding hydrogens is 486 g/mol. The van der Waals surface area contributed by atoms with E-state index < -0.39 is 11.7 Å². The maximum absolute atomic E-state index is 12.3. The summed E-state index contributed by atoms with van der Waals surface area (Å²) >= 11 is 11.5. The molecule has 158 valence electrons. The Bertz CT molecular complexity index is 1050. The molecule has 0 aliphatic heterocycles. The first-order valence-electron chi connectivity index (χ1n) is 9.34. The van der Waals surface area contributed by atoms with E-state index in [2.05, 4.69) is 15.9 Å². The quantitative estimate of drug-likeness (QED) is 0.380. The fraction of sp³-hybridized carbons (Fsp3) is 0.273. The molecule has 1 amide bonds. The van der Waals surface area contributed by atoms with E-state index in [-0.39, 0.29) is 0 Å². The van der Waals surface area contributed by atoms with Crippen LogP contribution in [0.1, 0.15) is 26.5 Å². The third-order valence-corrected chi connectivity index (χ3v) is 5.73. The van der Waals surface area contributed by atoms with E-state index in [1.165, 1.54) is 4.90 Å². The van der Waals surface area contributed by atoms with Gasteiger partial charge in [-0.25, -0.2) is 9.48 Å². The first-order valence-corrected chi connectivity index (χ1v) is 11.3. The second-order valence-electron chi connectivity index (χ2n) is 7.73. The molecule has 0 saturated heterocycles. The van der Waals surface area contributed by atoms with Gasteiger partial charge in [0, 0.05) is 16.4 Å². The van der Waals surface area contributed by atoms with Crippen LogP contribution in [0.25, 0.3) is 5.69 Å². The molecule has 0 N–H and O–H groups in total. The number of nitrogens with zero attached hydrogens (tertiary/aromatic N) is 3. The van der Waals surface area contributed by atoms with Gasteiger partial charge in [0.1, 0.15) is 10.6 Å². The fourth-order valence-electron chi connectivity index (χ4n) is 2.65. The highest BCUT2D eigenvalue weighted by atomic mass is 79.9. The summed E-state index contributed by atoms with van der Waals surface area (Å²) in [5.41, 5.74) is 0.966. The molecule has 0 aliphatic carbocycles. The number of para-hydroxylation sites is 1. The lowest BCUT2D eigenvalue weighted by atomic mass is 10.2. The second kappa shape index (κ2) is 9.45. The van der Waals surface area contributed by atoms with Crippen molar-refractivity contribution in [3.63, 3.8) is 0 Å². The molecule has 0 fully saturated rings. The Kier molecular flexibility index (Phi) is 7.16. The van der Waals surface area contributed by atoms with Gasteiger partial charge >= 0.3 is 6.09 Å². The zero-order valence-corrected chi connectivity index (χ0v) is 20.4. The zero-order chi connectivity index (χ0) is 21.9. The molecule has 8 heteroatoms. The number of carbonyl (C=O) groups excluding carboxylic acids is 1. The lowest BCUT2D eigenvalue weighted by Crippen LogP contribution is -2.33. The molecule has 0 unspecified atom stereocenters. The molecule has 0 saturated carbocycles. The Labute approximate surface area is 194 Å². The molecule has 0 radical (unpaired) electrons. The van der Waals surface area contributed by atoms with Crippen molar-refractivity contribution in [2.75, 3.05) is 7.05 Å². The van der Waals surface area contributed by atoms with Crippen LogP contribution in [0.4, 0.5) is 4.79 Å². The van der Waals surface area contributed by atoms with Gasteiger partial charge in [-0.15, -0.1) is 0 Å². The summed E-state index contributed by atoms with van der Waals surface area (Å²) in [6.45, 7) is 5.85. The summed E-state index contributed by atoms with van der Waals surface area (Å²) in [5, 5.41) is 6.23. The van der Waals surface area contributed by atoms with E-state index in [1.807, 2.05) is 80.1 Å². The number of carbonyl (C=O) groups is 1. The van der Waals surface area contributed by atoms with Crippen LogP contribution in [0.3, 0.4) is 0 Å². The monoisotopic (exact) mass is 507 g/mol. The smallest absolute Gasteiger partial charge is 0.410 e. The lowest BCUT2D eigenvalue weighted by Gasteiger charge is -2.24. The molecule has 1 aromatic heterocycles. The first-order chi connectivity index (χ1) is 14.1. The Morgan fingerprint density at radius 1 is 1.20 bits per heavy atom. The zero-order valence-electron chi connectivity index (χ0n) is 17.2. The average Bonchev–Trinajstić information content (AvgIpc) is 3.02. The van der Waals surface area contributed by atoms with Gasteiger partial charge in [0.2, 0.25) is 0 Å². The number of benzene rings is 2. The van der Waals surface area contributed by atoms with Gasteiger partial charge in [-0.05, 0) is 57.2 Å². The highest BCUT2D eigenvalue weighted by Gasteiger charge is 2.21. The summed E-state index contributed by atoms with van der Waals surface area (Å²) < 4.78 is 8.25. The first kappa shape index (κ1) is 22.7. The van der Waals surface area contributed by atoms with Crippen molar-refractivity contribution in [2.24, 2.45) is 0 Å². The normalized spacial score (nSPS) is 11.4. The van der Waals surface area contributed by atoms with Crippen LogP contribution in [0.2, 0.25) is 5.02 Å². The number of hydrogen-bond acceptors (Lipinski definition) is 4. The predicted octanol–water partition coefficient (Wildman–Crippen LogP) is 6.81. The Morgan fingerprint density at radius 2 is 1.93 bits per heavy atom. The van der Waals surface area contributed by atoms with Crippen molar-refractivity contribution in [3.05, 3.63) is 69.8 Å². The predicted molar refractivity (Wildman–Crippen MR) is 125 cm³/mol. The maximum Gasteiger partial charge on any atom is 0.410 e. The van der Waals surface area contributed by atoms with Crippen molar-refractivity contribution in [2.45, 2.75) is 42.8 Å². The van der Waals surface area contributed by atoms with E-state index >= 15 is 0 Å². The van der Waals surface area contributed by atoms with Gasteiger partial charge in [-0.1, -0.05) is 57.5 Å². The topological polar surface area (TPSA) is 47.4 Å². The van der Waals surface area contributed by atoms with Crippen LogP contribution < -0.4 is 0 Å². The van der Waals surface area contributed by atoms with Gasteiger partial charge in [-0.3, -0.25) is 0 Å². The summed E-state index contributed by atoms with van der Waals surface area (Å²) in [7, 11) is 1.70. The number of amides is 1. The molecule has 0 bridgehead atoms. The Hall–Kier alpha value is -1.96. The molecule has 2 aromatic carbocycles. The van der Waals surface area contributed by atoms with E-state index in [0.717, 1.165) is 25.8 Å². The van der Waals surface area contributed by atoms with Gasteiger partial charge in [-0.2, -0.15) is 5.10 Å². The van der Waals surface area contributed by atoms with Crippen molar-refractivity contribution >= 4 is 45.4 Å². The SMILES string of the molecule is CN(Cc1cc(Sc2cccc(Br)c2)n(-c2ccccc2Cl)n1)C(=O)OC(C)(C)C. The number of halogens is 2. The largest absolute Gasteiger partial charge is 0.444 e. The van der Waals surface area contributed by atoms with Crippen molar-refractivity contribution in [1.82, 2.24) is 14.7 Å². The molecule has 5 nitrogen and oxygen atoms in total. The summed E-state index contributed by atoms with van der Waals surface area (Å²) in [5.74, 6) is 0. The number of ether oxygens (including phenoxy) is 1. The second-order valence-corrected chi connectivity index (χ2v) is 10.1. The Balaban J connectivity index is 1.92. The van der Waals surface area contributed by atoms with Crippen LogP contribution in [-0.2, 0) is 11.3 Å². The van der Waals surface area contributed by atoms with Crippen molar-refractivity contribution in [3.8, 4) is 5.69 Å². The highest BCUT2D eigenvalue weighted by Crippen LogP contribution is 2.33. The van der Waals surface area contributed by atoms with Crippen molar-refractivity contribution in [1.29, 1.82) is 0 Å². The molecule has 0 aliphatic rings. The van der Waals surface area contributed by atoms with Crippen LogP contribution in [0.5, 0.6) is 0 Å². The van der Waals surface area contributed by atoms with Gasteiger partial charge in [0.25, 0.3) is 0 Å². The number of hydrogen-bond donors (Lipinski definition) is 0. The van der Waals surface area contributed by atoms with E-state index in [0.29, 0.717) is 11.6 Å². The minimum absolute atomic E-state index is 0.318. The van der Waals surface area contributed by atoms with Crippen LogP contribution >= 0.6 is 39.3 Å². The molecule has 3 rings (SSSR count). The van der Waals surface area contributed by atoms with Crippen LogP contribution in [0, 0.1) is 0 Å². The van der Waals surface area contributed by atoms with Gasteiger partial charge in [0.15, 0.2) is 0 Å². The molecular formula is C22H23BrClN3O2S. The number of aromatic nitrogens is 2. The summed E-state index contributed by atoms with van der Waals surface area (Å²) in [6, 6.07) is 17.6. The standard InChI is InChI=1S/C22H23BrClN3O2S/c1-22(2,3)29-21(28)26(4)14-16-13-20(30-17-9-7-8-15(23)12-17)27(25-16)19-11-6-5-10-18(19)24/h5-13H,14H2,1-4H3. The van der Waals surface area contributed by atoms with E-state index in [9.17, 15) is 4.79 Å². The third-order valence-electron chi connectivity index (χ3n) is 3.93. The van der Waals surface area contributed by atoms with Gasteiger partial charge < -0.3 is 9.64 Å². The molecule has 3 aromatic rings. The van der Waals surface area contributed by atoms with Crippen molar-refractivity contribution < 1.29 is 9.53 Å². The molecule has 1 heterocycles. The lowest BCUT2D eigenvalue weighted by molar-refractivity contribution is 0.0283. The molecule has 0 atom stereocenters. The van der Waals surface area contributed by atoms with E-state index in [4.69, 9.17) is 21.4 Å². The Morgan fingerprint density at radius 3 is 2.60 bits per heavy atom. The maximum atomic E-state index is 12.3. The minimum atomic E-state index is -0.552. The van der Waals surface area contributed by atoms with Crippen LogP contribution in [-0.4, -0.2) is 33.4 Å². The molecule has 30 heavy (non-hydrogen) atoms. The highest BCUT2D eigenvalue weighted by molar-refractivity contribution is 9.10. The fourth-order valence-corrected chi connectivity index (χ4v) is 4.42.